The summed E-state index contributed by atoms with van der Waals surface area (Å²) >= 11 is 4.15. The van der Waals surface area contributed by atoms with E-state index in [1.807, 2.05) is 11.3 Å². The van der Waals surface area contributed by atoms with Crippen LogP contribution in [0, 0.1) is 0 Å². The number of aromatic nitrogens is 1. The fourth-order valence-corrected chi connectivity index (χ4v) is 6.20. The molecular formula is C15H22N2S2. The molecule has 0 bridgehead atoms. The molecule has 2 aliphatic carbocycles. The van der Waals surface area contributed by atoms with Crippen LogP contribution in [0.25, 0.3) is 0 Å². The minimum Gasteiger partial charge on any atom is -0.302 e. The van der Waals surface area contributed by atoms with Gasteiger partial charge >= 0.3 is 0 Å². The van der Waals surface area contributed by atoms with E-state index in [9.17, 15) is 0 Å². The molecule has 2 fully saturated rings. The van der Waals surface area contributed by atoms with Crippen molar-refractivity contribution in [3.63, 3.8) is 0 Å². The van der Waals surface area contributed by atoms with E-state index in [4.69, 9.17) is 4.98 Å². The Kier molecular flexibility index (Phi) is 3.16. The lowest BCUT2D eigenvalue weighted by Gasteiger charge is -2.42. The van der Waals surface area contributed by atoms with Crippen LogP contribution in [0.4, 0.5) is 0 Å². The number of nitrogens with zero attached hydrogens (tertiary/aromatic N) is 1. The molecular weight excluding hydrogens is 272 g/mol. The molecule has 2 atom stereocenters. The first-order valence-corrected chi connectivity index (χ1v) is 9.53. The summed E-state index contributed by atoms with van der Waals surface area (Å²) < 4.78 is 0. The number of aryl methyl sites for hydroxylation is 2. The van der Waals surface area contributed by atoms with Crippen LogP contribution in [0.3, 0.4) is 0 Å². The molecule has 2 nitrogen and oxygen atoms in total. The van der Waals surface area contributed by atoms with Crippen LogP contribution in [-0.4, -0.2) is 22.0 Å². The Morgan fingerprint density at radius 3 is 2.89 bits per heavy atom. The molecule has 2 unspecified atom stereocenters. The smallest absolute Gasteiger partial charge is 0.114 e. The lowest BCUT2D eigenvalue weighted by molar-refractivity contribution is 0.290. The number of rotatable bonds is 3. The molecule has 3 aliphatic rings. The van der Waals surface area contributed by atoms with Crippen molar-refractivity contribution in [2.24, 2.45) is 0 Å². The van der Waals surface area contributed by atoms with E-state index < -0.39 is 0 Å². The predicted molar refractivity (Wildman–Crippen MR) is 83.1 cm³/mol. The fourth-order valence-electron chi connectivity index (χ4n) is 3.46. The third-order valence-corrected chi connectivity index (χ3v) is 7.56. The second kappa shape index (κ2) is 4.74. The van der Waals surface area contributed by atoms with Gasteiger partial charge in [-0.15, -0.1) is 11.3 Å². The molecule has 1 saturated carbocycles. The molecule has 1 aromatic heterocycles. The molecule has 0 aromatic carbocycles. The topological polar surface area (TPSA) is 24.9 Å². The Hall–Kier alpha value is -0.0600. The Bertz CT molecular complexity index is 459. The molecule has 1 saturated heterocycles. The summed E-state index contributed by atoms with van der Waals surface area (Å²) in [5, 5.41) is 6.05. The SMILES string of the molecule is CC1SCCCC1(NC1CC1)c1nc2c(s1)CCC2. The van der Waals surface area contributed by atoms with Crippen molar-refractivity contribution in [1.82, 2.24) is 10.3 Å². The summed E-state index contributed by atoms with van der Waals surface area (Å²) in [6.07, 6.45) is 9.15. The molecule has 1 N–H and O–H groups in total. The molecule has 0 radical (unpaired) electrons. The van der Waals surface area contributed by atoms with Gasteiger partial charge in [-0.3, -0.25) is 0 Å². The van der Waals surface area contributed by atoms with Crippen LogP contribution in [0.2, 0.25) is 0 Å². The molecule has 1 aliphatic heterocycles. The summed E-state index contributed by atoms with van der Waals surface area (Å²) in [6, 6.07) is 0.764. The lowest BCUT2D eigenvalue weighted by Crippen LogP contribution is -2.52. The van der Waals surface area contributed by atoms with Crippen LogP contribution in [0.1, 0.15) is 54.6 Å². The van der Waals surface area contributed by atoms with Gasteiger partial charge in [-0.2, -0.15) is 11.8 Å². The summed E-state index contributed by atoms with van der Waals surface area (Å²) in [6.45, 7) is 2.41. The highest BCUT2D eigenvalue weighted by Gasteiger charge is 2.46. The normalized spacial score (nSPS) is 34.5. The van der Waals surface area contributed by atoms with Crippen LogP contribution in [0.5, 0.6) is 0 Å². The molecule has 0 amide bonds. The predicted octanol–water partition coefficient (Wildman–Crippen LogP) is 3.49. The van der Waals surface area contributed by atoms with E-state index in [2.05, 4.69) is 24.0 Å². The van der Waals surface area contributed by atoms with Gasteiger partial charge in [-0.05, 0) is 50.7 Å². The average Bonchev–Trinajstić information content (AvgIpc) is 2.94. The number of hydrogen-bond acceptors (Lipinski definition) is 4. The van der Waals surface area contributed by atoms with Gasteiger partial charge in [0.1, 0.15) is 5.01 Å². The second-order valence-electron chi connectivity index (χ2n) is 6.25. The molecule has 4 rings (SSSR count). The quantitative estimate of drug-likeness (QED) is 0.923. The summed E-state index contributed by atoms with van der Waals surface area (Å²) in [5.74, 6) is 1.32. The monoisotopic (exact) mass is 294 g/mol. The van der Waals surface area contributed by atoms with E-state index in [1.165, 1.54) is 61.4 Å². The maximum absolute atomic E-state index is 5.06. The zero-order chi connectivity index (χ0) is 12.9. The van der Waals surface area contributed by atoms with E-state index in [0.717, 1.165) is 6.04 Å². The van der Waals surface area contributed by atoms with Gasteiger partial charge in [0.05, 0.1) is 11.2 Å². The summed E-state index contributed by atoms with van der Waals surface area (Å²) in [7, 11) is 0. The maximum Gasteiger partial charge on any atom is 0.114 e. The van der Waals surface area contributed by atoms with E-state index in [-0.39, 0.29) is 5.54 Å². The Morgan fingerprint density at radius 2 is 2.16 bits per heavy atom. The highest BCUT2D eigenvalue weighted by Crippen LogP contribution is 2.46. The van der Waals surface area contributed by atoms with Crippen LogP contribution >= 0.6 is 23.1 Å². The van der Waals surface area contributed by atoms with E-state index in [1.54, 1.807) is 4.88 Å². The third-order valence-electron chi connectivity index (χ3n) is 4.79. The van der Waals surface area contributed by atoms with Crippen molar-refractivity contribution in [2.45, 2.75) is 68.7 Å². The standard InChI is InChI=1S/C15H22N2S2/c1-10-15(8-3-9-18-10,17-11-6-7-11)14-16-12-4-2-5-13(12)19-14/h10-11,17H,2-9H2,1H3. The zero-order valence-electron chi connectivity index (χ0n) is 11.6. The molecule has 19 heavy (non-hydrogen) atoms. The van der Waals surface area contributed by atoms with Crippen molar-refractivity contribution in [2.75, 3.05) is 5.75 Å². The minimum atomic E-state index is 0.180. The molecule has 2 heterocycles. The molecule has 104 valence electrons. The van der Waals surface area contributed by atoms with Crippen LogP contribution < -0.4 is 5.32 Å². The summed E-state index contributed by atoms with van der Waals surface area (Å²) in [5.41, 5.74) is 1.60. The Morgan fingerprint density at radius 1 is 1.26 bits per heavy atom. The molecule has 0 spiro atoms. The number of thiazole rings is 1. The van der Waals surface area contributed by atoms with Gasteiger partial charge in [0, 0.05) is 16.2 Å². The minimum absolute atomic E-state index is 0.180. The maximum atomic E-state index is 5.06. The molecule has 1 aromatic rings. The van der Waals surface area contributed by atoms with Crippen molar-refractivity contribution in [3.05, 3.63) is 15.6 Å². The van der Waals surface area contributed by atoms with Crippen molar-refractivity contribution >= 4 is 23.1 Å². The van der Waals surface area contributed by atoms with Gasteiger partial charge in [-0.1, -0.05) is 6.92 Å². The summed E-state index contributed by atoms with van der Waals surface area (Å²) in [4.78, 5) is 6.64. The average molecular weight is 294 g/mol. The van der Waals surface area contributed by atoms with Crippen molar-refractivity contribution in [3.8, 4) is 0 Å². The highest BCUT2D eigenvalue weighted by atomic mass is 32.2. The van der Waals surface area contributed by atoms with Gasteiger partial charge in [0.15, 0.2) is 0 Å². The fraction of sp³-hybridized carbons (Fsp3) is 0.800. The Balaban J connectivity index is 1.71. The highest BCUT2D eigenvalue weighted by molar-refractivity contribution is 8.00. The Labute approximate surface area is 123 Å². The van der Waals surface area contributed by atoms with Crippen LogP contribution in [0.15, 0.2) is 0 Å². The molecule has 4 heteroatoms. The van der Waals surface area contributed by atoms with E-state index in [0.29, 0.717) is 5.25 Å². The lowest BCUT2D eigenvalue weighted by atomic mass is 9.89. The second-order valence-corrected chi connectivity index (χ2v) is 8.78. The third kappa shape index (κ3) is 2.16. The van der Waals surface area contributed by atoms with Crippen LogP contribution in [-0.2, 0) is 18.4 Å². The largest absolute Gasteiger partial charge is 0.302 e. The first-order valence-electron chi connectivity index (χ1n) is 7.66. The number of hydrogen-bond donors (Lipinski definition) is 1. The van der Waals surface area contributed by atoms with Gasteiger partial charge in [-0.25, -0.2) is 4.98 Å². The van der Waals surface area contributed by atoms with Gasteiger partial charge in [0.2, 0.25) is 0 Å². The van der Waals surface area contributed by atoms with E-state index >= 15 is 0 Å². The van der Waals surface area contributed by atoms with Crippen molar-refractivity contribution in [1.29, 1.82) is 0 Å². The number of thioether (sulfide) groups is 1. The first kappa shape index (κ1) is 12.7. The number of fused-ring (bicyclic) bond motifs is 1. The van der Waals surface area contributed by atoms with Gasteiger partial charge in [0.25, 0.3) is 0 Å². The van der Waals surface area contributed by atoms with Gasteiger partial charge < -0.3 is 5.32 Å². The first-order chi connectivity index (χ1) is 9.28. The van der Waals surface area contributed by atoms with Crippen molar-refractivity contribution < 1.29 is 0 Å². The number of nitrogens with one attached hydrogen (secondary N) is 1. The zero-order valence-corrected chi connectivity index (χ0v) is 13.2.